The van der Waals surface area contributed by atoms with Crippen LogP contribution in [0.4, 0.5) is 13.2 Å². The highest BCUT2D eigenvalue weighted by atomic mass is 79.9. The molecule has 1 N–H and O–H groups in total. The molecule has 0 aliphatic rings. The van der Waals surface area contributed by atoms with Crippen LogP contribution >= 0.6 is 15.9 Å². The van der Waals surface area contributed by atoms with E-state index in [4.69, 9.17) is 4.74 Å². The predicted octanol–water partition coefficient (Wildman–Crippen LogP) is 4.84. The Hall–Kier alpha value is -0.750. The molecule has 0 aromatic heterocycles. The van der Waals surface area contributed by atoms with Crippen LogP contribution in [0.1, 0.15) is 37.8 Å². The van der Waals surface area contributed by atoms with Crippen molar-refractivity contribution in [1.29, 1.82) is 0 Å². The van der Waals surface area contributed by atoms with Gasteiger partial charge < -0.3 is 10.1 Å². The van der Waals surface area contributed by atoms with Crippen LogP contribution in [-0.2, 0) is 0 Å². The van der Waals surface area contributed by atoms with Gasteiger partial charge in [0.25, 0.3) is 0 Å². The van der Waals surface area contributed by atoms with Crippen molar-refractivity contribution in [3.8, 4) is 5.75 Å². The van der Waals surface area contributed by atoms with Crippen LogP contribution in [0.5, 0.6) is 5.75 Å². The molecule has 2 nitrogen and oxygen atoms in total. The van der Waals surface area contributed by atoms with E-state index < -0.39 is 12.6 Å². The third-order valence-electron chi connectivity index (χ3n) is 3.01. The summed E-state index contributed by atoms with van der Waals surface area (Å²) < 4.78 is 42.0. The number of methoxy groups -OCH3 is 1. The summed E-state index contributed by atoms with van der Waals surface area (Å²) in [5, 5.41) is 3.22. The second-order valence-corrected chi connectivity index (χ2v) is 5.50. The highest BCUT2D eigenvalue weighted by Gasteiger charge is 2.25. The molecule has 6 heteroatoms. The van der Waals surface area contributed by atoms with E-state index in [2.05, 4.69) is 21.2 Å². The second-order valence-electron chi connectivity index (χ2n) is 4.64. The van der Waals surface area contributed by atoms with Gasteiger partial charge in [0.1, 0.15) is 5.75 Å². The average molecular weight is 354 g/mol. The Bertz CT molecular complexity index is 423. The average Bonchev–Trinajstić information content (AvgIpc) is 2.36. The van der Waals surface area contributed by atoms with Crippen LogP contribution in [-0.4, -0.2) is 19.8 Å². The Balaban J connectivity index is 2.36. The number of benzene rings is 1. The molecule has 1 aromatic carbocycles. The minimum atomic E-state index is -4.05. The molecule has 0 aliphatic carbocycles. The first-order chi connectivity index (χ1) is 9.33. The standard InChI is InChI=1S/C14H19BrF3NO/c1-10(19-8-4-3-7-14(16,17)18)11-5-6-13(20-2)12(15)9-11/h5-6,9-10,19H,3-4,7-8H2,1-2H3. The lowest BCUT2D eigenvalue weighted by Gasteiger charge is -2.15. The lowest BCUT2D eigenvalue weighted by molar-refractivity contribution is -0.135. The van der Waals surface area contributed by atoms with Crippen molar-refractivity contribution < 1.29 is 17.9 Å². The van der Waals surface area contributed by atoms with E-state index in [0.29, 0.717) is 13.0 Å². The molecule has 114 valence electrons. The number of halogens is 4. The van der Waals surface area contributed by atoms with Gasteiger partial charge in [-0.25, -0.2) is 0 Å². The molecule has 0 saturated carbocycles. The first-order valence-electron chi connectivity index (χ1n) is 6.47. The Kier molecular flexibility index (Phi) is 6.82. The lowest BCUT2D eigenvalue weighted by atomic mass is 10.1. The van der Waals surface area contributed by atoms with E-state index >= 15 is 0 Å². The fourth-order valence-electron chi connectivity index (χ4n) is 1.84. The molecule has 0 heterocycles. The zero-order valence-corrected chi connectivity index (χ0v) is 13.1. The minimum Gasteiger partial charge on any atom is -0.496 e. The van der Waals surface area contributed by atoms with Gasteiger partial charge in [-0.15, -0.1) is 0 Å². The van der Waals surface area contributed by atoms with Gasteiger partial charge >= 0.3 is 6.18 Å². The van der Waals surface area contributed by atoms with Gasteiger partial charge in [-0.3, -0.25) is 0 Å². The fraction of sp³-hybridized carbons (Fsp3) is 0.571. The van der Waals surface area contributed by atoms with Crippen molar-refractivity contribution in [3.05, 3.63) is 28.2 Å². The molecule has 1 aromatic rings. The van der Waals surface area contributed by atoms with Crippen molar-refractivity contribution in [1.82, 2.24) is 5.32 Å². The summed E-state index contributed by atoms with van der Waals surface area (Å²) in [6.07, 6.45) is -4.08. The first kappa shape index (κ1) is 17.3. The molecule has 1 rings (SSSR count). The summed E-state index contributed by atoms with van der Waals surface area (Å²) >= 11 is 3.41. The van der Waals surface area contributed by atoms with E-state index in [9.17, 15) is 13.2 Å². The zero-order valence-electron chi connectivity index (χ0n) is 11.6. The van der Waals surface area contributed by atoms with Gasteiger partial charge in [-0.2, -0.15) is 13.2 Å². The van der Waals surface area contributed by atoms with Crippen LogP contribution in [0.3, 0.4) is 0 Å². The van der Waals surface area contributed by atoms with E-state index in [0.717, 1.165) is 15.8 Å². The number of hydrogen-bond donors (Lipinski definition) is 1. The molecular weight excluding hydrogens is 335 g/mol. The summed E-state index contributed by atoms with van der Waals surface area (Å²) in [4.78, 5) is 0. The topological polar surface area (TPSA) is 21.3 Å². The van der Waals surface area contributed by atoms with Crippen molar-refractivity contribution in [2.45, 2.75) is 38.4 Å². The molecule has 20 heavy (non-hydrogen) atoms. The summed E-state index contributed by atoms with van der Waals surface area (Å²) in [7, 11) is 1.60. The molecule has 0 radical (unpaired) electrons. The zero-order chi connectivity index (χ0) is 15.2. The highest BCUT2D eigenvalue weighted by molar-refractivity contribution is 9.10. The monoisotopic (exact) mass is 353 g/mol. The van der Waals surface area contributed by atoms with Crippen LogP contribution in [0.25, 0.3) is 0 Å². The molecule has 1 unspecified atom stereocenters. The SMILES string of the molecule is COc1ccc(C(C)NCCCCC(F)(F)F)cc1Br. The van der Waals surface area contributed by atoms with Crippen LogP contribution in [0.2, 0.25) is 0 Å². The number of nitrogens with one attached hydrogen (secondary N) is 1. The van der Waals surface area contributed by atoms with Crippen molar-refractivity contribution in [2.75, 3.05) is 13.7 Å². The normalized spacial score (nSPS) is 13.3. The Labute approximate surface area is 125 Å². The van der Waals surface area contributed by atoms with E-state index in [-0.39, 0.29) is 12.5 Å². The van der Waals surface area contributed by atoms with E-state index in [1.165, 1.54) is 0 Å². The number of hydrogen-bond acceptors (Lipinski definition) is 2. The fourth-order valence-corrected chi connectivity index (χ4v) is 2.40. The van der Waals surface area contributed by atoms with Crippen LogP contribution in [0, 0.1) is 0 Å². The van der Waals surface area contributed by atoms with Gasteiger partial charge in [0.05, 0.1) is 11.6 Å². The molecule has 0 spiro atoms. The number of ether oxygens (including phenoxy) is 1. The summed E-state index contributed by atoms with van der Waals surface area (Å²) in [5.41, 5.74) is 1.06. The molecule has 0 saturated heterocycles. The molecule has 0 bridgehead atoms. The third-order valence-corrected chi connectivity index (χ3v) is 3.63. The van der Waals surface area contributed by atoms with Gasteiger partial charge in [0.2, 0.25) is 0 Å². The number of unbranched alkanes of at least 4 members (excludes halogenated alkanes) is 1. The Morgan fingerprint density at radius 1 is 1.30 bits per heavy atom. The molecule has 1 atom stereocenters. The summed E-state index contributed by atoms with van der Waals surface area (Å²) in [6, 6.07) is 5.84. The number of rotatable bonds is 7. The Morgan fingerprint density at radius 2 is 2.00 bits per heavy atom. The van der Waals surface area contributed by atoms with E-state index in [1.54, 1.807) is 7.11 Å². The molecular formula is C14H19BrF3NO. The van der Waals surface area contributed by atoms with Crippen molar-refractivity contribution in [3.63, 3.8) is 0 Å². The maximum absolute atomic E-state index is 12.0. The first-order valence-corrected chi connectivity index (χ1v) is 7.26. The smallest absolute Gasteiger partial charge is 0.389 e. The predicted molar refractivity (Wildman–Crippen MR) is 77.0 cm³/mol. The van der Waals surface area contributed by atoms with Crippen LogP contribution < -0.4 is 10.1 Å². The largest absolute Gasteiger partial charge is 0.496 e. The summed E-state index contributed by atoms with van der Waals surface area (Å²) in [6.45, 7) is 2.55. The lowest BCUT2D eigenvalue weighted by Crippen LogP contribution is -2.20. The highest BCUT2D eigenvalue weighted by Crippen LogP contribution is 2.28. The minimum absolute atomic E-state index is 0.0862. The Morgan fingerprint density at radius 3 is 2.55 bits per heavy atom. The quantitative estimate of drug-likeness (QED) is 0.708. The van der Waals surface area contributed by atoms with Crippen molar-refractivity contribution in [2.24, 2.45) is 0 Å². The summed E-state index contributed by atoms with van der Waals surface area (Å²) in [5.74, 6) is 0.756. The maximum atomic E-state index is 12.0. The molecule has 0 fully saturated rings. The van der Waals surface area contributed by atoms with Crippen molar-refractivity contribution >= 4 is 15.9 Å². The molecule has 0 aliphatic heterocycles. The van der Waals surface area contributed by atoms with Gasteiger partial charge in [-0.05, 0) is 59.9 Å². The second kappa shape index (κ2) is 7.88. The van der Waals surface area contributed by atoms with Gasteiger partial charge in [-0.1, -0.05) is 6.07 Å². The maximum Gasteiger partial charge on any atom is 0.389 e. The van der Waals surface area contributed by atoms with Crippen LogP contribution in [0.15, 0.2) is 22.7 Å². The third kappa shape index (κ3) is 6.13. The number of alkyl halides is 3. The van der Waals surface area contributed by atoms with Gasteiger partial charge in [0, 0.05) is 12.5 Å². The molecule has 0 amide bonds. The van der Waals surface area contributed by atoms with E-state index in [1.807, 2.05) is 25.1 Å². The van der Waals surface area contributed by atoms with Gasteiger partial charge in [0.15, 0.2) is 0 Å².